The Labute approximate surface area is 80.4 Å². The first kappa shape index (κ1) is 10.6. The molecule has 0 spiro atoms. The van der Waals surface area contributed by atoms with Gasteiger partial charge in [0, 0.05) is 12.8 Å². The van der Waals surface area contributed by atoms with Gasteiger partial charge in [0.1, 0.15) is 0 Å². The van der Waals surface area contributed by atoms with Gasteiger partial charge in [0.05, 0.1) is 0 Å². The molecule has 1 fully saturated rings. The summed E-state index contributed by atoms with van der Waals surface area (Å²) in [7, 11) is 0. The molecule has 6 heteroatoms. The van der Waals surface area contributed by atoms with Gasteiger partial charge in [-0.05, 0) is 13.8 Å². The highest BCUT2D eigenvalue weighted by molar-refractivity contribution is 6.00. The van der Waals surface area contributed by atoms with Crippen LogP contribution < -0.4 is 0 Å². The Morgan fingerprint density at radius 1 is 1.29 bits per heavy atom. The minimum Gasteiger partial charge on any atom is -0.272 e. The monoisotopic (exact) mass is 200 g/mol. The normalized spacial score (nSPS) is 17.7. The molecular formula is C8H10NO5. The highest BCUT2D eigenvalue weighted by Crippen LogP contribution is 2.19. The van der Waals surface area contributed by atoms with Gasteiger partial charge in [-0.1, -0.05) is 0 Å². The van der Waals surface area contributed by atoms with E-state index >= 15 is 0 Å². The first-order valence-electron chi connectivity index (χ1n) is 4.11. The molecule has 2 amide bonds. The lowest BCUT2D eigenvalue weighted by Crippen LogP contribution is -2.43. The molecule has 1 rings (SSSR count). The molecule has 0 aliphatic carbocycles. The van der Waals surface area contributed by atoms with Crippen molar-refractivity contribution in [1.29, 1.82) is 0 Å². The van der Waals surface area contributed by atoms with Crippen LogP contribution in [-0.2, 0) is 24.3 Å². The Hall–Kier alpha value is -1.43. The van der Waals surface area contributed by atoms with Crippen molar-refractivity contribution in [2.45, 2.75) is 32.3 Å². The summed E-state index contributed by atoms with van der Waals surface area (Å²) in [5.41, 5.74) is -1.68. The van der Waals surface area contributed by atoms with E-state index in [1.165, 1.54) is 13.8 Å². The third-order valence-corrected chi connectivity index (χ3v) is 1.82. The molecule has 14 heavy (non-hydrogen) atoms. The van der Waals surface area contributed by atoms with E-state index in [4.69, 9.17) is 4.84 Å². The maximum absolute atomic E-state index is 11.1. The van der Waals surface area contributed by atoms with Crippen LogP contribution in [-0.4, -0.2) is 28.4 Å². The van der Waals surface area contributed by atoms with Gasteiger partial charge >= 0.3 is 5.97 Å². The Balaban J connectivity index is 2.73. The maximum Gasteiger partial charge on any atom is 0.389 e. The van der Waals surface area contributed by atoms with Crippen molar-refractivity contribution < 1.29 is 24.3 Å². The van der Waals surface area contributed by atoms with E-state index in [1.807, 2.05) is 0 Å². The zero-order valence-corrected chi connectivity index (χ0v) is 7.90. The molecule has 6 nitrogen and oxygen atoms in total. The molecule has 0 aromatic carbocycles. The van der Waals surface area contributed by atoms with Crippen LogP contribution in [0.5, 0.6) is 0 Å². The van der Waals surface area contributed by atoms with Crippen LogP contribution in [0.25, 0.3) is 0 Å². The fraction of sp³-hybridized carbons (Fsp3) is 0.625. The number of imide groups is 1. The zero-order chi connectivity index (χ0) is 10.9. The lowest BCUT2D eigenvalue weighted by atomic mass is 10.1. The number of carbonyl (C=O) groups excluding carboxylic acids is 3. The van der Waals surface area contributed by atoms with E-state index in [2.05, 4.69) is 0 Å². The van der Waals surface area contributed by atoms with Crippen molar-refractivity contribution in [3.63, 3.8) is 0 Å². The molecule has 0 aromatic rings. The highest BCUT2D eigenvalue weighted by atomic mass is 16.7. The standard InChI is InChI=1S/C8H10NO5/c1-8(2,7(12)13)14-9-5(10)3-4-6(9)11/h3-4H2,1-2H3. The minimum atomic E-state index is -1.68. The number of hydrogen-bond donors (Lipinski definition) is 0. The van der Waals surface area contributed by atoms with Crippen molar-refractivity contribution in [1.82, 2.24) is 5.06 Å². The molecule has 77 valence electrons. The molecule has 0 saturated carbocycles. The first-order chi connectivity index (χ1) is 6.34. The number of nitrogens with zero attached hydrogens (tertiary/aromatic N) is 1. The Morgan fingerprint density at radius 2 is 1.71 bits per heavy atom. The van der Waals surface area contributed by atoms with Gasteiger partial charge in [0.2, 0.25) is 0 Å². The molecule has 0 aromatic heterocycles. The predicted octanol–water partition coefficient (Wildman–Crippen LogP) is -0.197. The summed E-state index contributed by atoms with van der Waals surface area (Å²) in [5.74, 6) is -2.53. The van der Waals surface area contributed by atoms with E-state index in [0.29, 0.717) is 5.06 Å². The lowest BCUT2D eigenvalue weighted by molar-refractivity contribution is -0.230. The van der Waals surface area contributed by atoms with E-state index in [-0.39, 0.29) is 12.8 Å². The SMILES string of the molecule is CC(C)(ON1C(=O)CCC1=O)C([O])=O. The number of hydroxylamine groups is 2. The summed E-state index contributed by atoms with van der Waals surface area (Å²) in [6, 6.07) is 0. The van der Waals surface area contributed by atoms with Crippen molar-refractivity contribution >= 4 is 17.8 Å². The van der Waals surface area contributed by atoms with E-state index in [9.17, 15) is 19.5 Å². The summed E-state index contributed by atoms with van der Waals surface area (Å²) in [4.78, 5) is 37.4. The zero-order valence-electron chi connectivity index (χ0n) is 7.90. The second-order valence-corrected chi connectivity index (χ2v) is 3.47. The van der Waals surface area contributed by atoms with Crippen molar-refractivity contribution in [2.75, 3.05) is 0 Å². The van der Waals surface area contributed by atoms with Gasteiger partial charge < -0.3 is 0 Å². The average molecular weight is 200 g/mol. The molecule has 1 aliphatic heterocycles. The molecule has 0 bridgehead atoms. The Bertz CT molecular complexity index is 280. The highest BCUT2D eigenvalue weighted by Gasteiger charge is 2.40. The number of rotatable bonds is 3. The largest absolute Gasteiger partial charge is 0.389 e. The molecule has 1 saturated heterocycles. The molecular weight excluding hydrogens is 190 g/mol. The van der Waals surface area contributed by atoms with Crippen LogP contribution >= 0.6 is 0 Å². The topological polar surface area (TPSA) is 83.6 Å². The molecule has 0 unspecified atom stereocenters. The summed E-state index contributed by atoms with van der Waals surface area (Å²) in [6.45, 7) is 2.42. The second-order valence-electron chi connectivity index (χ2n) is 3.47. The third-order valence-electron chi connectivity index (χ3n) is 1.82. The number of hydrogen-bond acceptors (Lipinski definition) is 4. The molecule has 1 radical (unpaired) electrons. The Morgan fingerprint density at radius 3 is 2.07 bits per heavy atom. The van der Waals surface area contributed by atoms with Gasteiger partial charge in [0.15, 0.2) is 5.60 Å². The summed E-state index contributed by atoms with van der Waals surface area (Å²) in [6.07, 6.45) is 0.115. The lowest BCUT2D eigenvalue weighted by Gasteiger charge is -2.23. The van der Waals surface area contributed by atoms with E-state index in [1.54, 1.807) is 0 Å². The van der Waals surface area contributed by atoms with Crippen LogP contribution in [0.2, 0.25) is 0 Å². The fourth-order valence-corrected chi connectivity index (χ4v) is 0.923. The van der Waals surface area contributed by atoms with Crippen molar-refractivity contribution in [2.24, 2.45) is 0 Å². The van der Waals surface area contributed by atoms with Crippen LogP contribution in [0.1, 0.15) is 26.7 Å². The van der Waals surface area contributed by atoms with Gasteiger partial charge in [-0.3, -0.25) is 9.59 Å². The predicted molar refractivity (Wildman–Crippen MR) is 41.9 cm³/mol. The van der Waals surface area contributed by atoms with Crippen molar-refractivity contribution in [3.8, 4) is 0 Å². The summed E-state index contributed by atoms with van der Waals surface area (Å²) >= 11 is 0. The minimum absolute atomic E-state index is 0.0575. The fourth-order valence-electron chi connectivity index (χ4n) is 0.923. The Kier molecular flexibility index (Phi) is 2.57. The van der Waals surface area contributed by atoms with Crippen LogP contribution in [0, 0.1) is 0 Å². The van der Waals surface area contributed by atoms with Crippen LogP contribution in [0.15, 0.2) is 0 Å². The average Bonchev–Trinajstić information content (AvgIpc) is 2.35. The van der Waals surface area contributed by atoms with Crippen LogP contribution in [0.4, 0.5) is 0 Å². The first-order valence-corrected chi connectivity index (χ1v) is 4.11. The van der Waals surface area contributed by atoms with Crippen molar-refractivity contribution in [3.05, 3.63) is 0 Å². The molecule has 1 heterocycles. The summed E-state index contributed by atoms with van der Waals surface area (Å²) in [5, 5.41) is 11.0. The third kappa shape index (κ3) is 1.90. The molecule has 1 aliphatic rings. The van der Waals surface area contributed by atoms with E-state index < -0.39 is 23.4 Å². The molecule has 0 N–H and O–H groups in total. The summed E-state index contributed by atoms with van der Waals surface area (Å²) < 4.78 is 0. The van der Waals surface area contributed by atoms with Gasteiger partial charge in [0.25, 0.3) is 11.8 Å². The molecule has 0 atom stereocenters. The second kappa shape index (κ2) is 3.38. The number of amides is 2. The van der Waals surface area contributed by atoms with Gasteiger partial charge in [-0.2, -0.15) is 5.06 Å². The van der Waals surface area contributed by atoms with Gasteiger partial charge in [-0.15, -0.1) is 0 Å². The van der Waals surface area contributed by atoms with Crippen LogP contribution in [0.3, 0.4) is 0 Å². The van der Waals surface area contributed by atoms with E-state index in [0.717, 1.165) is 0 Å². The maximum atomic E-state index is 11.1. The quantitative estimate of drug-likeness (QED) is 0.590. The smallest absolute Gasteiger partial charge is 0.272 e. The number of carbonyl (C=O) groups is 3. The van der Waals surface area contributed by atoms with Gasteiger partial charge in [-0.25, -0.2) is 14.7 Å².